The first-order chi connectivity index (χ1) is 6.86. The molecule has 14 heavy (non-hydrogen) atoms. The minimum atomic E-state index is 0.664. The fraction of sp³-hybridized carbons (Fsp3) is 0.833. The number of hydrogen-bond donors (Lipinski definition) is 1. The summed E-state index contributed by atoms with van der Waals surface area (Å²) in [5.74, 6) is 0.664. The summed E-state index contributed by atoms with van der Waals surface area (Å²) in [5.41, 5.74) is 1.53. The van der Waals surface area contributed by atoms with E-state index in [0.717, 1.165) is 32.7 Å². The second-order valence-electron chi connectivity index (χ2n) is 3.94. The topological polar surface area (TPSA) is 21.3 Å². The van der Waals surface area contributed by atoms with Crippen LogP contribution < -0.4 is 5.32 Å². The molecule has 1 aliphatic heterocycles. The van der Waals surface area contributed by atoms with E-state index >= 15 is 0 Å². The Morgan fingerprint density at radius 3 is 2.93 bits per heavy atom. The molecular formula is C12H23NO. The quantitative estimate of drug-likeness (QED) is 0.683. The van der Waals surface area contributed by atoms with Gasteiger partial charge in [0.1, 0.15) is 0 Å². The third kappa shape index (κ3) is 4.25. The van der Waals surface area contributed by atoms with Gasteiger partial charge in [-0.05, 0) is 25.8 Å². The molecule has 1 saturated heterocycles. The van der Waals surface area contributed by atoms with Crippen molar-refractivity contribution in [3.63, 3.8) is 0 Å². The Labute approximate surface area is 87.7 Å². The van der Waals surface area contributed by atoms with Crippen molar-refractivity contribution in [2.24, 2.45) is 5.92 Å². The van der Waals surface area contributed by atoms with Crippen LogP contribution in [0.15, 0.2) is 11.6 Å². The molecule has 82 valence electrons. The maximum Gasteiger partial charge on any atom is 0.0528 e. The molecule has 1 fully saturated rings. The molecule has 1 atom stereocenters. The summed E-state index contributed by atoms with van der Waals surface area (Å²) >= 11 is 0. The smallest absolute Gasteiger partial charge is 0.0528 e. The van der Waals surface area contributed by atoms with Crippen LogP contribution >= 0.6 is 0 Å². The largest absolute Gasteiger partial charge is 0.381 e. The van der Waals surface area contributed by atoms with E-state index in [-0.39, 0.29) is 0 Å². The minimum absolute atomic E-state index is 0.664. The molecule has 1 rings (SSSR count). The molecule has 0 spiro atoms. The van der Waals surface area contributed by atoms with Crippen molar-refractivity contribution in [2.45, 2.75) is 33.1 Å². The zero-order valence-corrected chi connectivity index (χ0v) is 9.51. The average Bonchev–Trinajstić information content (AvgIpc) is 2.25. The Bertz CT molecular complexity index is 171. The van der Waals surface area contributed by atoms with Gasteiger partial charge in [0.05, 0.1) is 6.61 Å². The van der Waals surface area contributed by atoms with Crippen molar-refractivity contribution in [1.29, 1.82) is 0 Å². The molecule has 2 nitrogen and oxygen atoms in total. The Morgan fingerprint density at radius 2 is 2.36 bits per heavy atom. The summed E-state index contributed by atoms with van der Waals surface area (Å²) in [5, 5.41) is 3.38. The van der Waals surface area contributed by atoms with E-state index in [2.05, 4.69) is 25.2 Å². The Balaban J connectivity index is 2.35. The van der Waals surface area contributed by atoms with E-state index in [4.69, 9.17) is 4.74 Å². The van der Waals surface area contributed by atoms with Gasteiger partial charge in [-0.2, -0.15) is 0 Å². The molecule has 1 aliphatic rings. The second-order valence-corrected chi connectivity index (χ2v) is 3.94. The van der Waals surface area contributed by atoms with Gasteiger partial charge in [-0.3, -0.25) is 0 Å². The molecule has 0 aliphatic carbocycles. The number of hydrogen-bond acceptors (Lipinski definition) is 2. The van der Waals surface area contributed by atoms with Gasteiger partial charge in [-0.15, -0.1) is 0 Å². The summed E-state index contributed by atoms with van der Waals surface area (Å²) in [6.45, 7) is 8.36. The lowest BCUT2D eigenvalue weighted by molar-refractivity contribution is 0.0707. The molecule has 0 saturated carbocycles. The highest BCUT2D eigenvalue weighted by Crippen LogP contribution is 2.17. The summed E-state index contributed by atoms with van der Waals surface area (Å²) in [7, 11) is 0. The van der Waals surface area contributed by atoms with Gasteiger partial charge in [0.2, 0.25) is 0 Å². The van der Waals surface area contributed by atoms with E-state index in [1.807, 2.05) is 0 Å². The van der Waals surface area contributed by atoms with Crippen LogP contribution in [0.5, 0.6) is 0 Å². The summed E-state index contributed by atoms with van der Waals surface area (Å²) < 4.78 is 5.47. The van der Waals surface area contributed by atoms with Crippen molar-refractivity contribution in [3.8, 4) is 0 Å². The summed E-state index contributed by atoms with van der Waals surface area (Å²) in [6.07, 6.45) is 6.10. The molecule has 1 unspecified atom stereocenters. The van der Waals surface area contributed by atoms with Gasteiger partial charge in [0.25, 0.3) is 0 Å². The van der Waals surface area contributed by atoms with E-state index in [1.165, 1.54) is 18.4 Å². The SMILES string of the molecule is CCNC/C(=C\C1CCCOC1)CC. The van der Waals surface area contributed by atoms with E-state index in [9.17, 15) is 0 Å². The second kappa shape index (κ2) is 7.02. The predicted octanol–water partition coefficient (Wildman–Crippen LogP) is 2.36. The van der Waals surface area contributed by atoms with E-state index in [1.54, 1.807) is 0 Å². The van der Waals surface area contributed by atoms with Crippen LogP contribution in [0.25, 0.3) is 0 Å². The predicted molar refractivity (Wildman–Crippen MR) is 60.5 cm³/mol. The van der Waals surface area contributed by atoms with Crippen LogP contribution in [0.4, 0.5) is 0 Å². The lowest BCUT2D eigenvalue weighted by atomic mass is 9.98. The van der Waals surface area contributed by atoms with Gasteiger partial charge in [0, 0.05) is 19.1 Å². The van der Waals surface area contributed by atoms with Crippen LogP contribution in [0, 0.1) is 5.92 Å². The monoisotopic (exact) mass is 197 g/mol. The van der Waals surface area contributed by atoms with Crippen molar-refractivity contribution in [3.05, 3.63) is 11.6 Å². The maximum absolute atomic E-state index is 5.47. The number of ether oxygens (including phenoxy) is 1. The van der Waals surface area contributed by atoms with Crippen molar-refractivity contribution in [1.82, 2.24) is 5.32 Å². The van der Waals surface area contributed by atoms with Gasteiger partial charge in [-0.1, -0.05) is 25.5 Å². The number of nitrogens with one attached hydrogen (secondary N) is 1. The molecule has 0 radical (unpaired) electrons. The maximum atomic E-state index is 5.47. The molecule has 0 aromatic rings. The van der Waals surface area contributed by atoms with Gasteiger partial charge in [-0.25, -0.2) is 0 Å². The molecule has 1 N–H and O–H groups in total. The first kappa shape index (κ1) is 11.7. The van der Waals surface area contributed by atoms with Gasteiger partial charge in [0.15, 0.2) is 0 Å². The van der Waals surface area contributed by atoms with Crippen molar-refractivity contribution in [2.75, 3.05) is 26.3 Å². The fourth-order valence-electron chi connectivity index (χ4n) is 1.82. The Kier molecular flexibility index (Phi) is 5.88. The van der Waals surface area contributed by atoms with Gasteiger partial charge >= 0.3 is 0 Å². The zero-order chi connectivity index (χ0) is 10.2. The number of likely N-dealkylation sites (N-methyl/N-ethyl adjacent to an activating group) is 1. The van der Waals surface area contributed by atoms with Crippen LogP contribution in [0.2, 0.25) is 0 Å². The normalized spacial score (nSPS) is 23.9. The summed E-state index contributed by atoms with van der Waals surface area (Å²) in [6, 6.07) is 0. The van der Waals surface area contributed by atoms with Crippen molar-refractivity contribution < 1.29 is 4.74 Å². The standard InChI is InChI=1S/C12H23NO/c1-3-11(9-13-4-2)8-12-6-5-7-14-10-12/h8,12-13H,3-7,9-10H2,1-2H3/b11-8-. The van der Waals surface area contributed by atoms with E-state index in [0.29, 0.717) is 5.92 Å². The van der Waals surface area contributed by atoms with E-state index < -0.39 is 0 Å². The van der Waals surface area contributed by atoms with Crippen LogP contribution in [0.1, 0.15) is 33.1 Å². The molecular weight excluding hydrogens is 174 g/mol. The Morgan fingerprint density at radius 1 is 1.50 bits per heavy atom. The van der Waals surface area contributed by atoms with Crippen LogP contribution in [-0.4, -0.2) is 26.3 Å². The third-order valence-electron chi connectivity index (χ3n) is 2.72. The lowest BCUT2D eigenvalue weighted by Gasteiger charge is -2.20. The zero-order valence-electron chi connectivity index (χ0n) is 9.51. The molecule has 0 bridgehead atoms. The fourth-order valence-corrected chi connectivity index (χ4v) is 1.82. The molecule has 1 heterocycles. The Hall–Kier alpha value is -0.340. The average molecular weight is 197 g/mol. The first-order valence-electron chi connectivity index (χ1n) is 5.84. The third-order valence-corrected chi connectivity index (χ3v) is 2.72. The minimum Gasteiger partial charge on any atom is -0.381 e. The lowest BCUT2D eigenvalue weighted by Crippen LogP contribution is -2.19. The highest BCUT2D eigenvalue weighted by atomic mass is 16.5. The summed E-state index contributed by atoms with van der Waals surface area (Å²) in [4.78, 5) is 0. The molecule has 0 aromatic heterocycles. The molecule has 0 amide bonds. The van der Waals surface area contributed by atoms with Crippen LogP contribution in [-0.2, 0) is 4.74 Å². The van der Waals surface area contributed by atoms with Gasteiger partial charge < -0.3 is 10.1 Å². The van der Waals surface area contributed by atoms with Crippen molar-refractivity contribution >= 4 is 0 Å². The highest BCUT2D eigenvalue weighted by Gasteiger charge is 2.11. The first-order valence-corrected chi connectivity index (χ1v) is 5.84. The van der Waals surface area contributed by atoms with Crippen LogP contribution in [0.3, 0.4) is 0 Å². The molecule has 0 aromatic carbocycles. The highest BCUT2D eigenvalue weighted by molar-refractivity contribution is 5.06. The molecule has 2 heteroatoms. The number of rotatable bonds is 5.